The minimum absolute atomic E-state index is 0.128. The Morgan fingerprint density at radius 3 is 2.50 bits per heavy atom. The molecule has 0 amide bonds. The zero-order valence-electron chi connectivity index (χ0n) is 11.4. The van der Waals surface area contributed by atoms with Crippen molar-refractivity contribution in [2.75, 3.05) is 0 Å². The molecule has 0 atom stereocenters. The van der Waals surface area contributed by atoms with Crippen LogP contribution in [0.1, 0.15) is 32.0 Å². The molecule has 1 N–H and O–H groups in total. The smallest absolute Gasteiger partial charge is 0.0762 e. The average molecular weight is 243 g/mol. The second-order valence-electron chi connectivity index (χ2n) is 5.59. The van der Waals surface area contributed by atoms with Crippen LogP contribution in [0, 0.1) is 0 Å². The highest BCUT2D eigenvalue weighted by molar-refractivity contribution is 5.15. The molecule has 0 saturated carbocycles. The van der Waals surface area contributed by atoms with Gasteiger partial charge in [0.25, 0.3) is 0 Å². The van der Waals surface area contributed by atoms with E-state index in [0.717, 1.165) is 18.8 Å². The van der Waals surface area contributed by atoms with E-state index in [1.807, 2.05) is 16.9 Å². The van der Waals surface area contributed by atoms with Gasteiger partial charge in [-0.1, -0.05) is 30.3 Å². The van der Waals surface area contributed by atoms with Gasteiger partial charge in [0.2, 0.25) is 0 Å². The molecule has 3 nitrogen and oxygen atoms in total. The Hall–Kier alpha value is -1.61. The SMILES string of the molecule is CC(C)(C)NCc1ccn(Cc2ccccc2)n1. The quantitative estimate of drug-likeness (QED) is 0.895. The molecule has 0 spiro atoms. The van der Waals surface area contributed by atoms with Gasteiger partial charge in [-0.3, -0.25) is 4.68 Å². The van der Waals surface area contributed by atoms with Crippen molar-refractivity contribution in [1.29, 1.82) is 0 Å². The van der Waals surface area contributed by atoms with Gasteiger partial charge < -0.3 is 5.32 Å². The van der Waals surface area contributed by atoms with Crippen molar-refractivity contribution in [2.45, 2.75) is 39.4 Å². The molecule has 0 unspecified atom stereocenters. The van der Waals surface area contributed by atoms with E-state index < -0.39 is 0 Å². The van der Waals surface area contributed by atoms with Gasteiger partial charge in [0.1, 0.15) is 0 Å². The largest absolute Gasteiger partial charge is 0.306 e. The summed E-state index contributed by atoms with van der Waals surface area (Å²) in [7, 11) is 0. The van der Waals surface area contributed by atoms with Crippen LogP contribution in [0.4, 0.5) is 0 Å². The predicted molar refractivity (Wildman–Crippen MR) is 74.4 cm³/mol. The van der Waals surface area contributed by atoms with Gasteiger partial charge in [0.05, 0.1) is 12.2 Å². The molecule has 2 aromatic rings. The molecular formula is C15H21N3. The summed E-state index contributed by atoms with van der Waals surface area (Å²) in [5.41, 5.74) is 2.49. The standard InChI is InChI=1S/C15H21N3/c1-15(2,3)16-11-14-9-10-18(17-14)12-13-7-5-4-6-8-13/h4-10,16H,11-12H2,1-3H3. The Balaban J connectivity index is 1.94. The summed E-state index contributed by atoms with van der Waals surface area (Å²) in [5, 5.41) is 8.00. The lowest BCUT2D eigenvalue weighted by Crippen LogP contribution is -2.35. The normalized spacial score (nSPS) is 11.7. The van der Waals surface area contributed by atoms with Gasteiger partial charge in [-0.25, -0.2) is 0 Å². The van der Waals surface area contributed by atoms with Crippen molar-refractivity contribution in [1.82, 2.24) is 15.1 Å². The average Bonchev–Trinajstić information content (AvgIpc) is 2.75. The predicted octanol–water partition coefficient (Wildman–Crippen LogP) is 2.82. The van der Waals surface area contributed by atoms with Crippen molar-refractivity contribution in [2.24, 2.45) is 0 Å². The molecule has 0 radical (unpaired) electrons. The van der Waals surface area contributed by atoms with Crippen LogP contribution in [0.3, 0.4) is 0 Å². The molecule has 18 heavy (non-hydrogen) atoms. The van der Waals surface area contributed by atoms with Crippen LogP contribution >= 0.6 is 0 Å². The maximum absolute atomic E-state index is 4.56. The van der Waals surface area contributed by atoms with Gasteiger partial charge in [-0.15, -0.1) is 0 Å². The highest BCUT2D eigenvalue weighted by Crippen LogP contribution is 2.05. The van der Waals surface area contributed by atoms with Gasteiger partial charge >= 0.3 is 0 Å². The third kappa shape index (κ3) is 4.00. The van der Waals surface area contributed by atoms with Crippen molar-refractivity contribution in [3.8, 4) is 0 Å². The van der Waals surface area contributed by atoms with Crippen molar-refractivity contribution in [3.63, 3.8) is 0 Å². The first kappa shape index (κ1) is 12.8. The van der Waals surface area contributed by atoms with Crippen molar-refractivity contribution in [3.05, 3.63) is 53.9 Å². The van der Waals surface area contributed by atoms with Gasteiger partial charge in [-0.05, 0) is 32.4 Å². The van der Waals surface area contributed by atoms with Crippen LogP contribution in [-0.2, 0) is 13.1 Å². The summed E-state index contributed by atoms with van der Waals surface area (Å²) in [6.07, 6.45) is 2.03. The monoisotopic (exact) mass is 243 g/mol. The molecule has 1 aromatic heterocycles. The Morgan fingerprint density at radius 2 is 1.83 bits per heavy atom. The second-order valence-corrected chi connectivity index (χ2v) is 5.59. The van der Waals surface area contributed by atoms with E-state index >= 15 is 0 Å². The molecule has 1 aromatic carbocycles. The first-order valence-corrected chi connectivity index (χ1v) is 6.34. The Bertz CT molecular complexity index is 480. The van der Waals surface area contributed by atoms with Crippen LogP contribution in [0.2, 0.25) is 0 Å². The Labute approximate surface area is 109 Å². The molecule has 0 saturated heterocycles. The molecule has 1 heterocycles. The van der Waals surface area contributed by atoms with E-state index in [-0.39, 0.29) is 5.54 Å². The lowest BCUT2D eigenvalue weighted by Gasteiger charge is -2.19. The van der Waals surface area contributed by atoms with Crippen LogP contribution in [-0.4, -0.2) is 15.3 Å². The van der Waals surface area contributed by atoms with Crippen LogP contribution in [0.15, 0.2) is 42.6 Å². The maximum Gasteiger partial charge on any atom is 0.0762 e. The van der Waals surface area contributed by atoms with Gasteiger partial charge in [0.15, 0.2) is 0 Å². The molecule has 0 aliphatic carbocycles. The zero-order chi connectivity index (χ0) is 13.0. The fourth-order valence-corrected chi connectivity index (χ4v) is 1.71. The number of benzene rings is 1. The second kappa shape index (κ2) is 5.36. The first-order valence-electron chi connectivity index (χ1n) is 6.34. The summed E-state index contributed by atoms with van der Waals surface area (Å²) in [4.78, 5) is 0. The molecule has 0 aliphatic rings. The maximum atomic E-state index is 4.56. The van der Waals surface area contributed by atoms with E-state index in [9.17, 15) is 0 Å². The highest BCUT2D eigenvalue weighted by Gasteiger charge is 2.09. The van der Waals surface area contributed by atoms with E-state index in [2.05, 4.69) is 61.5 Å². The third-order valence-corrected chi connectivity index (χ3v) is 2.68. The Kier molecular flexibility index (Phi) is 3.82. The number of rotatable bonds is 4. The van der Waals surface area contributed by atoms with E-state index in [1.165, 1.54) is 5.56 Å². The molecule has 2 rings (SSSR count). The lowest BCUT2D eigenvalue weighted by molar-refractivity contribution is 0.419. The molecular weight excluding hydrogens is 222 g/mol. The summed E-state index contributed by atoms with van der Waals surface area (Å²) in [5.74, 6) is 0. The van der Waals surface area contributed by atoms with Crippen molar-refractivity contribution >= 4 is 0 Å². The van der Waals surface area contributed by atoms with Crippen molar-refractivity contribution < 1.29 is 0 Å². The highest BCUT2D eigenvalue weighted by atomic mass is 15.3. The topological polar surface area (TPSA) is 29.9 Å². The summed E-state index contributed by atoms with van der Waals surface area (Å²) in [6, 6.07) is 12.5. The number of nitrogens with one attached hydrogen (secondary N) is 1. The number of hydrogen-bond acceptors (Lipinski definition) is 2. The zero-order valence-corrected chi connectivity index (χ0v) is 11.4. The minimum atomic E-state index is 0.128. The van der Waals surface area contributed by atoms with E-state index in [1.54, 1.807) is 0 Å². The fourth-order valence-electron chi connectivity index (χ4n) is 1.71. The van der Waals surface area contributed by atoms with E-state index in [0.29, 0.717) is 0 Å². The first-order chi connectivity index (χ1) is 8.53. The van der Waals surface area contributed by atoms with Gasteiger partial charge in [-0.2, -0.15) is 5.10 Å². The van der Waals surface area contributed by atoms with Crippen LogP contribution in [0.25, 0.3) is 0 Å². The lowest BCUT2D eigenvalue weighted by atomic mass is 10.1. The Morgan fingerprint density at radius 1 is 1.11 bits per heavy atom. The number of hydrogen-bond donors (Lipinski definition) is 1. The molecule has 0 aliphatic heterocycles. The number of aromatic nitrogens is 2. The van der Waals surface area contributed by atoms with Gasteiger partial charge in [0, 0.05) is 18.3 Å². The van der Waals surface area contributed by atoms with Crippen LogP contribution < -0.4 is 5.32 Å². The molecule has 96 valence electrons. The molecule has 0 fully saturated rings. The fraction of sp³-hybridized carbons (Fsp3) is 0.400. The van der Waals surface area contributed by atoms with Crippen LogP contribution in [0.5, 0.6) is 0 Å². The summed E-state index contributed by atoms with van der Waals surface area (Å²) >= 11 is 0. The number of nitrogens with zero attached hydrogens (tertiary/aromatic N) is 2. The minimum Gasteiger partial charge on any atom is -0.306 e. The summed E-state index contributed by atoms with van der Waals surface area (Å²) < 4.78 is 1.98. The third-order valence-electron chi connectivity index (χ3n) is 2.68. The molecule has 0 bridgehead atoms. The summed E-state index contributed by atoms with van der Waals surface area (Å²) in [6.45, 7) is 8.12. The molecule has 3 heteroatoms. The van der Waals surface area contributed by atoms with E-state index in [4.69, 9.17) is 0 Å².